The Hall–Kier alpha value is -2.66. The van der Waals surface area contributed by atoms with Gasteiger partial charge >= 0.3 is 0 Å². The van der Waals surface area contributed by atoms with E-state index in [1.54, 1.807) is 54.6 Å². The van der Waals surface area contributed by atoms with Crippen LogP contribution in [0.3, 0.4) is 0 Å². The molecule has 0 aromatic heterocycles. The number of fused-ring (bicyclic) bond motifs is 2. The number of hydrogen-bond donors (Lipinski definition) is 0. The fourth-order valence-electron chi connectivity index (χ4n) is 3.05. The third-order valence-electron chi connectivity index (χ3n) is 4.12. The Morgan fingerprint density at radius 3 is 1.96 bits per heavy atom. The van der Waals surface area contributed by atoms with Crippen LogP contribution in [0.15, 0.2) is 82.6 Å². The zero-order valence-electron chi connectivity index (χ0n) is 12.7. The molecular weight excluding hydrogens is 325 g/mol. The van der Waals surface area contributed by atoms with E-state index in [0.29, 0.717) is 17.9 Å². The Labute approximate surface area is 139 Å². The van der Waals surface area contributed by atoms with Crippen molar-refractivity contribution < 1.29 is 12.8 Å². The SMILES string of the molecule is O=S1(=O)c2ccccc2N(Cc2cccc(F)c2)c2ccccc21. The molecule has 0 spiro atoms. The van der Waals surface area contributed by atoms with Crippen molar-refractivity contribution >= 4 is 21.2 Å². The maximum Gasteiger partial charge on any atom is 0.210 e. The highest BCUT2D eigenvalue weighted by atomic mass is 32.2. The largest absolute Gasteiger partial charge is 0.335 e. The minimum atomic E-state index is -3.55. The van der Waals surface area contributed by atoms with Gasteiger partial charge in [-0.3, -0.25) is 0 Å². The Balaban J connectivity index is 1.92. The minimum absolute atomic E-state index is 0.278. The van der Waals surface area contributed by atoms with Gasteiger partial charge < -0.3 is 4.90 Å². The molecule has 0 saturated carbocycles. The van der Waals surface area contributed by atoms with Gasteiger partial charge in [-0.1, -0.05) is 36.4 Å². The number of anilines is 2. The summed E-state index contributed by atoms with van der Waals surface area (Å²) in [7, 11) is -3.55. The van der Waals surface area contributed by atoms with Crippen molar-refractivity contribution in [2.24, 2.45) is 0 Å². The summed E-state index contributed by atoms with van der Waals surface area (Å²) in [6.07, 6.45) is 0. The fourth-order valence-corrected chi connectivity index (χ4v) is 4.71. The molecule has 0 amide bonds. The predicted octanol–water partition coefficient (Wildman–Crippen LogP) is 4.31. The topological polar surface area (TPSA) is 37.4 Å². The Kier molecular flexibility index (Phi) is 3.39. The first-order chi connectivity index (χ1) is 11.6. The van der Waals surface area contributed by atoms with E-state index >= 15 is 0 Å². The molecule has 1 aliphatic heterocycles. The maximum atomic E-state index is 13.5. The molecule has 0 saturated heterocycles. The first-order valence-electron chi connectivity index (χ1n) is 7.52. The highest BCUT2D eigenvalue weighted by molar-refractivity contribution is 7.92. The number of hydrogen-bond acceptors (Lipinski definition) is 3. The van der Waals surface area contributed by atoms with Gasteiger partial charge in [0.2, 0.25) is 9.84 Å². The highest BCUT2D eigenvalue weighted by Crippen LogP contribution is 2.44. The Morgan fingerprint density at radius 2 is 1.38 bits per heavy atom. The van der Waals surface area contributed by atoms with Crippen LogP contribution in [0.4, 0.5) is 15.8 Å². The lowest BCUT2D eigenvalue weighted by atomic mass is 10.1. The smallest absolute Gasteiger partial charge is 0.210 e. The van der Waals surface area contributed by atoms with Gasteiger partial charge in [-0.05, 0) is 42.0 Å². The molecule has 0 fully saturated rings. The fraction of sp³-hybridized carbons (Fsp3) is 0.0526. The Bertz CT molecular complexity index is 977. The molecule has 4 rings (SSSR count). The molecule has 24 heavy (non-hydrogen) atoms. The van der Waals surface area contributed by atoms with Gasteiger partial charge in [-0.15, -0.1) is 0 Å². The molecule has 3 aromatic rings. The van der Waals surface area contributed by atoms with Crippen molar-refractivity contribution in [1.29, 1.82) is 0 Å². The quantitative estimate of drug-likeness (QED) is 0.698. The molecule has 3 aromatic carbocycles. The molecular formula is C19H14FNO2S. The van der Waals surface area contributed by atoms with Gasteiger partial charge in [0.1, 0.15) is 5.82 Å². The van der Waals surface area contributed by atoms with Gasteiger partial charge in [0, 0.05) is 6.54 Å². The van der Waals surface area contributed by atoms with Crippen LogP contribution in [-0.2, 0) is 16.4 Å². The van der Waals surface area contributed by atoms with Crippen LogP contribution in [0.1, 0.15) is 5.56 Å². The van der Waals surface area contributed by atoms with Crippen LogP contribution in [0, 0.1) is 5.82 Å². The zero-order valence-corrected chi connectivity index (χ0v) is 13.5. The summed E-state index contributed by atoms with van der Waals surface area (Å²) in [4.78, 5) is 2.47. The third kappa shape index (κ3) is 2.29. The number of sulfone groups is 1. The van der Waals surface area contributed by atoms with Crippen LogP contribution in [-0.4, -0.2) is 8.42 Å². The van der Waals surface area contributed by atoms with Crippen molar-refractivity contribution in [3.05, 3.63) is 84.2 Å². The molecule has 1 aliphatic rings. The summed E-state index contributed by atoms with van der Waals surface area (Å²) >= 11 is 0. The summed E-state index contributed by atoms with van der Waals surface area (Å²) in [6, 6.07) is 20.2. The maximum absolute atomic E-state index is 13.5. The molecule has 0 aliphatic carbocycles. The summed E-state index contributed by atoms with van der Waals surface area (Å²) in [5.41, 5.74) is 2.00. The summed E-state index contributed by atoms with van der Waals surface area (Å²) in [5.74, 6) is -0.307. The monoisotopic (exact) mass is 339 g/mol. The standard InChI is InChI=1S/C19H14FNO2S/c20-15-7-5-6-14(12-15)13-21-16-8-1-3-10-18(16)24(22,23)19-11-4-2-9-17(19)21/h1-12H,13H2. The highest BCUT2D eigenvalue weighted by Gasteiger charge is 2.33. The number of halogens is 1. The normalized spacial score (nSPS) is 14.8. The van der Waals surface area contributed by atoms with Crippen LogP contribution in [0.2, 0.25) is 0 Å². The van der Waals surface area contributed by atoms with E-state index < -0.39 is 9.84 Å². The van der Waals surface area contributed by atoms with Crippen molar-refractivity contribution in [3.8, 4) is 0 Å². The molecule has 0 bridgehead atoms. The Morgan fingerprint density at radius 1 is 0.792 bits per heavy atom. The molecule has 1 heterocycles. The van der Waals surface area contributed by atoms with Crippen molar-refractivity contribution in [1.82, 2.24) is 0 Å². The van der Waals surface area contributed by atoms with Gasteiger partial charge in [-0.25, -0.2) is 12.8 Å². The number of para-hydroxylation sites is 2. The summed E-state index contributed by atoms with van der Waals surface area (Å²) < 4.78 is 39.2. The number of nitrogens with zero attached hydrogens (tertiary/aromatic N) is 1. The molecule has 0 N–H and O–H groups in total. The van der Waals surface area contributed by atoms with E-state index in [9.17, 15) is 12.8 Å². The summed E-state index contributed by atoms with van der Waals surface area (Å²) in [6.45, 7) is 0.390. The third-order valence-corrected chi connectivity index (χ3v) is 5.97. The van der Waals surface area contributed by atoms with Gasteiger partial charge in [0.15, 0.2) is 0 Å². The zero-order chi connectivity index (χ0) is 16.7. The second-order valence-electron chi connectivity index (χ2n) is 5.65. The minimum Gasteiger partial charge on any atom is -0.335 e. The van der Waals surface area contributed by atoms with Crippen molar-refractivity contribution in [3.63, 3.8) is 0 Å². The van der Waals surface area contributed by atoms with E-state index in [-0.39, 0.29) is 15.6 Å². The molecule has 120 valence electrons. The van der Waals surface area contributed by atoms with E-state index in [1.165, 1.54) is 12.1 Å². The number of rotatable bonds is 2. The lowest BCUT2D eigenvalue weighted by Crippen LogP contribution is -2.25. The van der Waals surface area contributed by atoms with E-state index in [2.05, 4.69) is 0 Å². The summed E-state index contributed by atoms with van der Waals surface area (Å²) in [5, 5.41) is 0. The molecule has 3 nitrogen and oxygen atoms in total. The van der Waals surface area contributed by atoms with Gasteiger partial charge in [-0.2, -0.15) is 0 Å². The molecule has 5 heteroatoms. The first kappa shape index (κ1) is 14.9. The van der Waals surface area contributed by atoms with Crippen molar-refractivity contribution in [2.75, 3.05) is 4.90 Å². The average Bonchev–Trinajstić information content (AvgIpc) is 2.59. The van der Waals surface area contributed by atoms with Crippen LogP contribution >= 0.6 is 0 Å². The lowest BCUT2D eigenvalue weighted by molar-refractivity contribution is 0.593. The van der Waals surface area contributed by atoms with Gasteiger partial charge in [0.05, 0.1) is 21.2 Å². The average molecular weight is 339 g/mol. The van der Waals surface area contributed by atoms with Crippen LogP contribution in [0.5, 0.6) is 0 Å². The van der Waals surface area contributed by atoms with Gasteiger partial charge in [0.25, 0.3) is 0 Å². The number of benzene rings is 3. The molecule has 0 atom stereocenters. The first-order valence-corrected chi connectivity index (χ1v) is 9.01. The second kappa shape index (κ2) is 5.46. The predicted molar refractivity (Wildman–Crippen MR) is 90.6 cm³/mol. The molecule has 0 radical (unpaired) electrons. The van der Waals surface area contributed by atoms with E-state index in [4.69, 9.17) is 0 Å². The van der Waals surface area contributed by atoms with E-state index in [0.717, 1.165) is 5.56 Å². The second-order valence-corrected chi connectivity index (χ2v) is 7.54. The van der Waals surface area contributed by atoms with Crippen LogP contribution in [0.25, 0.3) is 0 Å². The van der Waals surface area contributed by atoms with Crippen molar-refractivity contribution in [2.45, 2.75) is 16.3 Å². The van der Waals surface area contributed by atoms with Crippen LogP contribution < -0.4 is 4.90 Å². The van der Waals surface area contributed by atoms with E-state index in [1.807, 2.05) is 11.0 Å². The molecule has 0 unspecified atom stereocenters. The lowest BCUT2D eigenvalue weighted by Gasteiger charge is -2.32.